The fourth-order valence-corrected chi connectivity index (χ4v) is 4.44. The summed E-state index contributed by atoms with van der Waals surface area (Å²) in [5.74, 6) is 1.46. The standard InChI is InChI=1S/C24H27N5O3/c1-2-19(15-21(25)30)27-22(31)20-5-3-14-29(20)23(32)24(10-11-24)18-8-6-17(7-9-18)16-28-13-4-12-26-28/h1,4,6-9,12-13,19-20H,3,5,10-11,14-16H2,(H2,25,30)(H,27,31). The van der Waals surface area contributed by atoms with E-state index < -0.39 is 23.4 Å². The minimum atomic E-state index is -0.769. The van der Waals surface area contributed by atoms with Gasteiger partial charge in [-0.2, -0.15) is 5.10 Å². The van der Waals surface area contributed by atoms with Crippen molar-refractivity contribution in [3.8, 4) is 12.3 Å². The molecule has 1 aromatic carbocycles. The predicted octanol–water partition coefficient (Wildman–Crippen LogP) is 0.947. The lowest BCUT2D eigenvalue weighted by Crippen LogP contribution is -2.51. The van der Waals surface area contributed by atoms with Crippen LogP contribution in [0, 0.1) is 12.3 Å². The minimum absolute atomic E-state index is 0.0119. The third-order valence-corrected chi connectivity index (χ3v) is 6.31. The minimum Gasteiger partial charge on any atom is -0.370 e. The quantitative estimate of drug-likeness (QED) is 0.604. The van der Waals surface area contributed by atoms with Gasteiger partial charge in [0, 0.05) is 18.9 Å². The number of hydrogen-bond acceptors (Lipinski definition) is 4. The van der Waals surface area contributed by atoms with Gasteiger partial charge in [-0.15, -0.1) is 6.42 Å². The summed E-state index contributed by atoms with van der Waals surface area (Å²) in [7, 11) is 0. The first-order chi connectivity index (χ1) is 15.4. The highest BCUT2D eigenvalue weighted by atomic mass is 16.2. The number of carbonyl (C=O) groups is 3. The van der Waals surface area contributed by atoms with Crippen molar-refractivity contribution in [3.63, 3.8) is 0 Å². The van der Waals surface area contributed by atoms with Crippen LogP contribution >= 0.6 is 0 Å². The number of carbonyl (C=O) groups excluding carboxylic acids is 3. The van der Waals surface area contributed by atoms with E-state index in [-0.39, 0.29) is 18.2 Å². The summed E-state index contributed by atoms with van der Waals surface area (Å²) in [4.78, 5) is 39.2. The average molecular weight is 434 g/mol. The highest BCUT2D eigenvalue weighted by Gasteiger charge is 2.55. The van der Waals surface area contributed by atoms with E-state index in [0.29, 0.717) is 19.5 Å². The van der Waals surface area contributed by atoms with Crippen molar-refractivity contribution < 1.29 is 14.4 Å². The summed E-state index contributed by atoms with van der Waals surface area (Å²) in [5, 5.41) is 6.91. The summed E-state index contributed by atoms with van der Waals surface area (Å²) >= 11 is 0. The SMILES string of the molecule is C#CC(CC(N)=O)NC(=O)C1CCCN1C(=O)C1(c2ccc(Cn3cccn3)cc2)CC1. The summed E-state index contributed by atoms with van der Waals surface area (Å²) in [6.45, 7) is 1.21. The lowest BCUT2D eigenvalue weighted by atomic mass is 9.93. The highest BCUT2D eigenvalue weighted by Crippen LogP contribution is 2.50. The Balaban J connectivity index is 1.45. The molecule has 3 N–H and O–H groups in total. The maximum atomic E-state index is 13.5. The van der Waals surface area contributed by atoms with Crippen molar-refractivity contribution in [3.05, 3.63) is 53.9 Å². The van der Waals surface area contributed by atoms with Crippen molar-refractivity contribution in [1.82, 2.24) is 20.0 Å². The molecule has 8 heteroatoms. The smallest absolute Gasteiger partial charge is 0.243 e. The Hall–Kier alpha value is -3.60. The Morgan fingerprint density at radius 3 is 2.62 bits per heavy atom. The molecule has 3 amide bonds. The Morgan fingerprint density at radius 2 is 2.03 bits per heavy atom. The molecule has 2 aliphatic rings. The third kappa shape index (κ3) is 4.37. The lowest BCUT2D eigenvalue weighted by molar-refractivity contribution is -0.140. The predicted molar refractivity (Wildman–Crippen MR) is 118 cm³/mol. The highest BCUT2D eigenvalue weighted by molar-refractivity contribution is 5.96. The number of likely N-dealkylation sites (tertiary alicyclic amines) is 1. The van der Waals surface area contributed by atoms with Crippen LogP contribution in [0.5, 0.6) is 0 Å². The van der Waals surface area contributed by atoms with Gasteiger partial charge in [-0.1, -0.05) is 30.2 Å². The van der Waals surface area contributed by atoms with Crippen LogP contribution in [0.2, 0.25) is 0 Å². The zero-order chi connectivity index (χ0) is 22.7. The number of benzene rings is 1. The van der Waals surface area contributed by atoms with Crippen molar-refractivity contribution in [2.45, 2.75) is 56.1 Å². The first-order valence-electron chi connectivity index (χ1n) is 10.9. The maximum Gasteiger partial charge on any atom is 0.243 e. The van der Waals surface area contributed by atoms with Crippen LogP contribution in [0.25, 0.3) is 0 Å². The summed E-state index contributed by atoms with van der Waals surface area (Å²) in [6.07, 6.45) is 11.8. The van der Waals surface area contributed by atoms with Crippen LogP contribution in [0.15, 0.2) is 42.7 Å². The normalized spacial score (nSPS) is 19.7. The van der Waals surface area contributed by atoms with E-state index in [1.165, 1.54) is 0 Å². The fraction of sp³-hybridized carbons (Fsp3) is 0.417. The molecule has 1 aliphatic carbocycles. The Morgan fingerprint density at radius 1 is 1.28 bits per heavy atom. The molecule has 4 rings (SSSR count). The first kappa shape index (κ1) is 21.6. The average Bonchev–Trinajstić information content (AvgIpc) is 3.18. The zero-order valence-electron chi connectivity index (χ0n) is 17.9. The number of amides is 3. The number of primary amides is 1. The van der Waals surface area contributed by atoms with Gasteiger partial charge in [0.25, 0.3) is 0 Å². The number of aromatic nitrogens is 2. The Bertz CT molecular complexity index is 1030. The second-order valence-electron chi connectivity index (χ2n) is 8.54. The van der Waals surface area contributed by atoms with Gasteiger partial charge in [0.2, 0.25) is 17.7 Å². The third-order valence-electron chi connectivity index (χ3n) is 6.31. The molecule has 2 fully saturated rings. The molecule has 2 heterocycles. The summed E-state index contributed by atoms with van der Waals surface area (Å²) in [5.41, 5.74) is 6.72. The number of nitrogens with one attached hydrogen (secondary N) is 1. The van der Waals surface area contributed by atoms with Gasteiger partial charge < -0.3 is 16.0 Å². The van der Waals surface area contributed by atoms with Crippen LogP contribution < -0.4 is 11.1 Å². The van der Waals surface area contributed by atoms with E-state index in [2.05, 4.69) is 16.3 Å². The molecule has 32 heavy (non-hydrogen) atoms. The molecule has 166 valence electrons. The van der Waals surface area contributed by atoms with Gasteiger partial charge in [-0.05, 0) is 42.9 Å². The molecule has 2 aromatic rings. The molecule has 1 saturated carbocycles. The van der Waals surface area contributed by atoms with Crippen molar-refractivity contribution >= 4 is 17.7 Å². The maximum absolute atomic E-state index is 13.5. The van der Waals surface area contributed by atoms with E-state index in [9.17, 15) is 14.4 Å². The van der Waals surface area contributed by atoms with Crippen LogP contribution in [0.4, 0.5) is 0 Å². The van der Waals surface area contributed by atoms with E-state index in [1.807, 2.05) is 41.2 Å². The lowest BCUT2D eigenvalue weighted by Gasteiger charge is -2.29. The number of nitrogens with two attached hydrogens (primary N) is 1. The van der Waals surface area contributed by atoms with Gasteiger partial charge in [0.05, 0.1) is 24.4 Å². The number of rotatable bonds is 8. The molecular formula is C24H27N5O3. The van der Waals surface area contributed by atoms with E-state index >= 15 is 0 Å². The van der Waals surface area contributed by atoms with Crippen LogP contribution in [-0.2, 0) is 26.3 Å². The van der Waals surface area contributed by atoms with Crippen LogP contribution in [0.3, 0.4) is 0 Å². The van der Waals surface area contributed by atoms with Crippen molar-refractivity contribution in [2.75, 3.05) is 6.54 Å². The van der Waals surface area contributed by atoms with Gasteiger partial charge in [-0.3, -0.25) is 19.1 Å². The van der Waals surface area contributed by atoms with E-state index in [0.717, 1.165) is 30.4 Å². The first-order valence-corrected chi connectivity index (χ1v) is 10.9. The second kappa shape index (κ2) is 8.87. The summed E-state index contributed by atoms with van der Waals surface area (Å²) in [6, 6.07) is 8.61. The second-order valence-corrected chi connectivity index (χ2v) is 8.54. The molecular weight excluding hydrogens is 406 g/mol. The summed E-state index contributed by atoms with van der Waals surface area (Å²) < 4.78 is 1.85. The molecule has 0 radical (unpaired) electrons. The molecule has 2 unspecified atom stereocenters. The molecule has 8 nitrogen and oxygen atoms in total. The topological polar surface area (TPSA) is 110 Å². The molecule has 0 bridgehead atoms. The van der Waals surface area contributed by atoms with Crippen molar-refractivity contribution in [1.29, 1.82) is 0 Å². The van der Waals surface area contributed by atoms with E-state index in [4.69, 9.17) is 12.2 Å². The van der Waals surface area contributed by atoms with E-state index in [1.54, 1.807) is 11.1 Å². The zero-order valence-corrected chi connectivity index (χ0v) is 17.9. The monoisotopic (exact) mass is 433 g/mol. The molecule has 1 aliphatic heterocycles. The Kier molecular flexibility index (Phi) is 5.99. The molecule has 1 aromatic heterocycles. The molecule has 2 atom stereocenters. The fourth-order valence-electron chi connectivity index (χ4n) is 4.44. The number of terminal acetylenes is 1. The largest absolute Gasteiger partial charge is 0.370 e. The molecule has 1 saturated heterocycles. The van der Waals surface area contributed by atoms with Gasteiger partial charge in [0.1, 0.15) is 6.04 Å². The van der Waals surface area contributed by atoms with Gasteiger partial charge >= 0.3 is 0 Å². The van der Waals surface area contributed by atoms with Crippen LogP contribution in [0.1, 0.15) is 43.2 Å². The number of hydrogen-bond donors (Lipinski definition) is 2. The van der Waals surface area contributed by atoms with Gasteiger partial charge in [-0.25, -0.2) is 0 Å². The number of nitrogens with zero attached hydrogens (tertiary/aromatic N) is 3. The molecule has 0 spiro atoms. The van der Waals surface area contributed by atoms with Crippen LogP contribution in [-0.4, -0.2) is 51.0 Å². The Labute approximate surface area is 187 Å². The van der Waals surface area contributed by atoms with Crippen molar-refractivity contribution in [2.24, 2.45) is 5.73 Å². The van der Waals surface area contributed by atoms with Gasteiger partial charge in [0.15, 0.2) is 0 Å².